The molecule has 1 aliphatic heterocycles. The van der Waals surface area contributed by atoms with Gasteiger partial charge in [0, 0.05) is 0 Å². The van der Waals surface area contributed by atoms with Crippen molar-refractivity contribution in [1.82, 2.24) is 19.5 Å². The molecule has 0 unspecified atom stereocenters. The number of fused-ring (bicyclic) bond motifs is 1. The number of imidazole rings is 1. The van der Waals surface area contributed by atoms with Crippen molar-refractivity contribution in [2.24, 2.45) is 0 Å². The molecule has 0 saturated carbocycles. The van der Waals surface area contributed by atoms with Crippen LogP contribution < -0.4 is 0 Å². The lowest BCUT2D eigenvalue weighted by atomic mass is 10.1. The minimum atomic E-state index is -1.26. The van der Waals surface area contributed by atoms with Crippen LogP contribution in [0.1, 0.15) is 37.3 Å². The minimum absolute atomic E-state index is 0.00465. The van der Waals surface area contributed by atoms with Gasteiger partial charge in [-0.1, -0.05) is 66.2 Å². The van der Waals surface area contributed by atoms with E-state index in [4.69, 9.17) is 42.1 Å². The second-order valence-corrected chi connectivity index (χ2v) is 10.3. The molecule has 3 aromatic carbocycles. The average molecular weight is 635 g/mol. The summed E-state index contributed by atoms with van der Waals surface area (Å²) < 4.78 is 25.2. The Morgan fingerprint density at radius 2 is 1.27 bits per heavy atom. The van der Waals surface area contributed by atoms with Gasteiger partial charge in [-0.05, 0) is 48.0 Å². The number of esters is 3. The summed E-state index contributed by atoms with van der Waals surface area (Å²) in [6.45, 7) is -0.348. The molecule has 44 heavy (non-hydrogen) atoms. The van der Waals surface area contributed by atoms with E-state index in [1.807, 2.05) is 0 Å². The van der Waals surface area contributed by atoms with Gasteiger partial charge in [-0.25, -0.2) is 24.4 Å². The van der Waals surface area contributed by atoms with E-state index in [-0.39, 0.29) is 39.3 Å². The summed E-state index contributed by atoms with van der Waals surface area (Å²) in [5.74, 6) is -2.03. The van der Waals surface area contributed by atoms with Crippen molar-refractivity contribution < 1.29 is 33.3 Å². The third-order valence-electron chi connectivity index (χ3n) is 6.80. The van der Waals surface area contributed by atoms with Crippen molar-refractivity contribution >= 4 is 52.3 Å². The van der Waals surface area contributed by atoms with Crippen molar-refractivity contribution in [3.8, 4) is 0 Å². The van der Waals surface area contributed by atoms with Gasteiger partial charge in [-0.3, -0.25) is 4.57 Å². The van der Waals surface area contributed by atoms with Crippen LogP contribution in [0, 0.1) is 0 Å². The van der Waals surface area contributed by atoms with Crippen LogP contribution in [0.4, 0.5) is 0 Å². The highest BCUT2D eigenvalue weighted by molar-refractivity contribution is 6.35. The minimum Gasteiger partial charge on any atom is -0.459 e. The smallest absolute Gasteiger partial charge is 0.338 e. The SMILES string of the molecule is O=C(OC[C@H]1O[C@@H](n2[14cH]nc3c(Cl)nc(Cl)nc32)[C@H](OC(=O)c2ccccc2)[C@@H]1OC(=O)c1ccccc1)c1ccccc1. The summed E-state index contributed by atoms with van der Waals surface area (Å²) in [5.41, 5.74) is 1.21. The van der Waals surface area contributed by atoms with Crippen LogP contribution >= 0.6 is 23.2 Å². The highest BCUT2D eigenvalue weighted by atomic mass is 35.5. The summed E-state index contributed by atoms with van der Waals surface area (Å²) in [6.07, 6.45) is -3.39. The number of carbonyl (C=O) groups is 3. The fraction of sp³-hybridized carbons (Fsp3) is 0.161. The maximum Gasteiger partial charge on any atom is 0.338 e. The van der Waals surface area contributed by atoms with E-state index < -0.39 is 42.4 Å². The van der Waals surface area contributed by atoms with Gasteiger partial charge in [0.15, 0.2) is 29.2 Å². The standard InChI is InChI=1S/C31H22Cl2N4O7/c32-25-22-26(36-31(33)35-25)37(17-34-22)27-24(44-30(40)20-14-8-3-9-15-20)23(43-29(39)19-12-6-2-7-13-19)21(42-27)16-41-28(38)18-10-4-1-5-11-18/h1-15,17,21,23-24,27H,16H2/t21-,23-,24-,27-/m1/s1/i17+2. The van der Waals surface area contributed by atoms with E-state index in [2.05, 4.69) is 15.0 Å². The molecular weight excluding hydrogens is 613 g/mol. The summed E-state index contributed by atoms with van der Waals surface area (Å²) in [4.78, 5) is 51.9. The topological polar surface area (TPSA) is 132 Å². The number of benzene rings is 3. The monoisotopic (exact) mass is 634 g/mol. The second-order valence-electron chi connectivity index (χ2n) is 9.61. The number of halogens is 2. The van der Waals surface area contributed by atoms with Crippen LogP contribution in [0.2, 0.25) is 10.4 Å². The first-order valence-electron chi connectivity index (χ1n) is 13.3. The lowest BCUT2D eigenvalue weighted by Gasteiger charge is -2.25. The van der Waals surface area contributed by atoms with Crippen LogP contribution in [0.15, 0.2) is 97.3 Å². The van der Waals surface area contributed by atoms with Crippen LogP contribution in [0.25, 0.3) is 11.2 Å². The van der Waals surface area contributed by atoms with E-state index in [9.17, 15) is 14.4 Å². The average Bonchev–Trinajstić information content (AvgIpc) is 3.62. The first-order chi connectivity index (χ1) is 21.4. The molecule has 5 aromatic rings. The maximum atomic E-state index is 13.4. The summed E-state index contributed by atoms with van der Waals surface area (Å²) in [7, 11) is 0. The third kappa shape index (κ3) is 6.11. The van der Waals surface area contributed by atoms with E-state index >= 15 is 0 Å². The van der Waals surface area contributed by atoms with E-state index in [0.717, 1.165) is 0 Å². The number of rotatable bonds is 8. The molecule has 0 bridgehead atoms. The van der Waals surface area contributed by atoms with Crippen molar-refractivity contribution in [3.05, 3.63) is 124 Å². The molecule has 1 saturated heterocycles. The Morgan fingerprint density at radius 1 is 0.750 bits per heavy atom. The first-order valence-corrected chi connectivity index (χ1v) is 14.1. The quantitative estimate of drug-likeness (QED) is 0.0953. The van der Waals surface area contributed by atoms with E-state index in [1.54, 1.807) is 91.0 Å². The molecule has 3 heterocycles. The Labute approximate surface area is 260 Å². The van der Waals surface area contributed by atoms with E-state index in [0.29, 0.717) is 5.56 Å². The summed E-state index contributed by atoms with van der Waals surface area (Å²) in [6, 6.07) is 24.9. The van der Waals surface area contributed by atoms with Crippen LogP contribution in [-0.4, -0.2) is 62.3 Å². The number of hydrogen-bond acceptors (Lipinski definition) is 10. The number of nitrogens with zero attached hydrogens (tertiary/aromatic N) is 4. The van der Waals surface area contributed by atoms with Gasteiger partial charge >= 0.3 is 17.9 Å². The largest absolute Gasteiger partial charge is 0.459 e. The Kier molecular flexibility index (Phi) is 8.51. The zero-order valence-corrected chi connectivity index (χ0v) is 24.2. The molecule has 11 nitrogen and oxygen atoms in total. The highest BCUT2D eigenvalue weighted by Gasteiger charge is 2.52. The molecule has 0 radical (unpaired) electrons. The van der Waals surface area contributed by atoms with Gasteiger partial charge < -0.3 is 18.9 Å². The molecule has 6 rings (SSSR count). The molecule has 1 fully saturated rings. The molecular formula is C31H22Cl2N4O7. The fourth-order valence-electron chi connectivity index (χ4n) is 4.72. The van der Waals surface area contributed by atoms with Gasteiger partial charge in [0.05, 0.1) is 23.0 Å². The van der Waals surface area contributed by atoms with Gasteiger partial charge in [0.1, 0.15) is 18.2 Å². The summed E-state index contributed by atoms with van der Waals surface area (Å²) >= 11 is 12.4. The number of aromatic nitrogens is 4. The second kappa shape index (κ2) is 12.8. The number of ether oxygens (including phenoxy) is 4. The predicted octanol–water partition coefficient (Wildman–Crippen LogP) is 5.34. The number of carbonyl (C=O) groups excluding carboxylic acids is 3. The molecule has 0 aliphatic carbocycles. The Bertz CT molecular complexity index is 1810. The molecule has 222 valence electrons. The van der Waals surface area contributed by atoms with Crippen molar-refractivity contribution in [2.45, 2.75) is 24.5 Å². The van der Waals surface area contributed by atoms with Crippen molar-refractivity contribution in [2.75, 3.05) is 6.61 Å². The zero-order valence-electron chi connectivity index (χ0n) is 22.7. The predicted molar refractivity (Wildman–Crippen MR) is 157 cm³/mol. The van der Waals surface area contributed by atoms with Gasteiger partial charge in [0.2, 0.25) is 5.28 Å². The first kappa shape index (κ1) is 29.2. The summed E-state index contributed by atoms with van der Waals surface area (Å²) in [5, 5.41) is -0.157. The Balaban J connectivity index is 1.39. The third-order valence-corrected chi connectivity index (χ3v) is 7.24. The Hall–Kier alpha value is -4.84. The molecule has 0 amide bonds. The normalized spacial score (nSPS) is 19.4. The fourth-order valence-corrected chi connectivity index (χ4v) is 5.15. The van der Waals surface area contributed by atoms with Gasteiger partial charge in [-0.2, -0.15) is 4.98 Å². The molecule has 13 heteroatoms. The van der Waals surface area contributed by atoms with Crippen molar-refractivity contribution in [1.29, 1.82) is 0 Å². The molecule has 1 aliphatic rings. The maximum absolute atomic E-state index is 13.4. The number of hydrogen-bond donors (Lipinski definition) is 0. The molecule has 4 atom stereocenters. The van der Waals surface area contributed by atoms with Crippen molar-refractivity contribution in [3.63, 3.8) is 0 Å². The Morgan fingerprint density at radius 3 is 1.84 bits per heavy atom. The zero-order chi connectivity index (χ0) is 30.6. The van der Waals surface area contributed by atoms with Crippen LogP contribution in [0.3, 0.4) is 0 Å². The molecule has 0 spiro atoms. The van der Waals surface area contributed by atoms with Gasteiger partial charge in [-0.15, -0.1) is 0 Å². The highest BCUT2D eigenvalue weighted by Crippen LogP contribution is 2.37. The van der Waals surface area contributed by atoms with Crippen LogP contribution in [-0.2, 0) is 18.9 Å². The van der Waals surface area contributed by atoms with Crippen LogP contribution in [0.5, 0.6) is 0 Å². The van der Waals surface area contributed by atoms with Gasteiger partial charge in [0.25, 0.3) is 0 Å². The lowest BCUT2D eigenvalue weighted by molar-refractivity contribution is -0.0606. The molecule has 0 N–H and O–H groups in total. The molecule has 2 aromatic heterocycles. The lowest BCUT2D eigenvalue weighted by Crippen LogP contribution is -2.41. The van der Waals surface area contributed by atoms with E-state index in [1.165, 1.54) is 10.9 Å².